The highest BCUT2D eigenvalue weighted by atomic mass is 35.5. The van der Waals surface area contributed by atoms with Gasteiger partial charge in [0.2, 0.25) is 0 Å². The van der Waals surface area contributed by atoms with E-state index in [4.69, 9.17) is 32.7 Å². The van der Waals surface area contributed by atoms with Gasteiger partial charge in [-0.15, -0.1) is 0 Å². The Labute approximate surface area is 174 Å². The van der Waals surface area contributed by atoms with Crippen LogP contribution in [0.2, 0.25) is 10.0 Å². The molecule has 3 rings (SSSR count). The second-order valence-corrected chi connectivity index (χ2v) is 7.04. The zero-order chi connectivity index (χ0) is 19.9. The van der Waals surface area contributed by atoms with E-state index in [0.717, 1.165) is 16.9 Å². The molecule has 146 valence electrons. The predicted molar refractivity (Wildman–Crippen MR) is 111 cm³/mol. The van der Waals surface area contributed by atoms with Crippen molar-refractivity contribution in [2.24, 2.45) is 0 Å². The Morgan fingerprint density at radius 1 is 0.857 bits per heavy atom. The van der Waals surface area contributed by atoms with Crippen molar-refractivity contribution in [3.8, 4) is 11.5 Å². The smallest absolute Gasteiger partial charge is 0.124 e. The summed E-state index contributed by atoms with van der Waals surface area (Å²) in [5.74, 6) is 1.15. The van der Waals surface area contributed by atoms with E-state index in [-0.39, 0.29) is 12.4 Å². The number of methoxy groups -OCH3 is 1. The first-order chi connectivity index (χ1) is 13.6. The highest BCUT2D eigenvalue weighted by Gasteiger charge is 2.09. The van der Waals surface area contributed by atoms with Crippen LogP contribution in [0, 0.1) is 5.82 Å². The minimum absolute atomic E-state index is 0.236. The molecule has 0 saturated heterocycles. The van der Waals surface area contributed by atoms with Crippen LogP contribution in [0.4, 0.5) is 4.39 Å². The largest absolute Gasteiger partial charge is 0.496 e. The van der Waals surface area contributed by atoms with Gasteiger partial charge in [0, 0.05) is 34.8 Å². The monoisotopic (exact) mass is 419 g/mol. The van der Waals surface area contributed by atoms with Crippen molar-refractivity contribution in [1.29, 1.82) is 0 Å². The van der Waals surface area contributed by atoms with Crippen LogP contribution in [-0.4, -0.2) is 7.11 Å². The van der Waals surface area contributed by atoms with Crippen LogP contribution in [-0.2, 0) is 19.7 Å². The van der Waals surface area contributed by atoms with Gasteiger partial charge in [-0.2, -0.15) is 0 Å². The van der Waals surface area contributed by atoms with E-state index in [2.05, 4.69) is 5.32 Å². The fourth-order valence-electron chi connectivity index (χ4n) is 2.80. The van der Waals surface area contributed by atoms with Gasteiger partial charge in [0.25, 0.3) is 0 Å². The van der Waals surface area contributed by atoms with Crippen molar-refractivity contribution in [2.45, 2.75) is 19.7 Å². The summed E-state index contributed by atoms with van der Waals surface area (Å²) in [7, 11) is 1.66. The normalized spacial score (nSPS) is 10.7. The van der Waals surface area contributed by atoms with Crippen molar-refractivity contribution in [3.05, 3.63) is 93.2 Å². The lowest BCUT2D eigenvalue weighted by Gasteiger charge is -2.14. The summed E-state index contributed by atoms with van der Waals surface area (Å²) >= 11 is 12.2. The van der Waals surface area contributed by atoms with Gasteiger partial charge in [0.1, 0.15) is 23.9 Å². The SMILES string of the molecule is COc1ccccc1CNCc1cc(Cl)ccc1OCc1ccc(F)cc1Cl. The number of halogens is 3. The van der Waals surface area contributed by atoms with Crippen LogP contribution in [0.25, 0.3) is 0 Å². The first-order valence-electron chi connectivity index (χ1n) is 8.74. The summed E-state index contributed by atoms with van der Waals surface area (Å²) in [6.45, 7) is 1.44. The van der Waals surface area contributed by atoms with Crippen molar-refractivity contribution in [1.82, 2.24) is 5.32 Å². The lowest BCUT2D eigenvalue weighted by molar-refractivity contribution is 0.302. The van der Waals surface area contributed by atoms with Gasteiger partial charge in [-0.05, 0) is 36.4 Å². The van der Waals surface area contributed by atoms with Crippen LogP contribution < -0.4 is 14.8 Å². The van der Waals surface area contributed by atoms with Crippen molar-refractivity contribution in [3.63, 3.8) is 0 Å². The highest BCUT2D eigenvalue weighted by molar-refractivity contribution is 6.31. The third-order valence-electron chi connectivity index (χ3n) is 4.24. The molecule has 28 heavy (non-hydrogen) atoms. The molecule has 0 bridgehead atoms. The maximum Gasteiger partial charge on any atom is 0.124 e. The minimum Gasteiger partial charge on any atom is -0.496 e. The molecule has 0 heterocycles. The van der Waals surface area contributed by atoms with Crippen LogP contribution in [0.5, 0.6) is 11.5 Å². The van der Waals surface area contributed by atoms with Crippen LogP contribution in [0.3, 0.4) is 0 Å². The highest BCUT2D eigenvalue weighted by Crippen LogP contribution is 2.26. The molecular weight excluding hydrogens is 400 g/mol. The van der Waals surface area contributed by atoms with Gasteiger partial charge >= 0.3 is 0 Å². The number of hydrogen-bond donors (Lipinski definition) is 1. The predicted octanol–water partition coefficient (Wildman–Crippen LogP) is 6.01. The fraction of sp³-hybridized carbons (Fsp3) is 0.182. The number of rotatable bonds is 8. The number of nitrogens with one attached hydrogen (secondary N) is 1. The maximum absolute atomic E-state index is 13.2. The Balaban J connectivity index is 1.66. The van der Waals surface area contributed by atoms with E-state index in [1.165, 1.54) is 12.1 Å². The third-order valence-corrected chi connectivity index (χ3v) is 4.83. The molecule has 0 aromatic heterocycles. The molecule has 0 spiro atoms. The molecule has 1 N–H and O–H groups in total. The maximum atomic E-state index is 13.2. The third kappa shape index (κ3) is 5.38. The van der Waals surface area contributed by atoms with E-state index in [9.17, 15) is 4.39 Å². The second kappa shape index (κ2) is 9.78. The van der Waals surface area contributed by atoms with E-state index in [0.29, 0.717) is 34.4 Å². The number of benzene rings is 3. The Bertz CT molecular complexity index is 950. The Morgan fingerprint density at radius 2 is 1.64 bits per heavy atom. The average Bonchev–Trinajstić information content (AvgIpc) is 2.69. The zero-order valence-corrected chi connectivity index (χ0v) is 16.9. The van der Waals surface area contributed by atoms with Gasteiger partial charge in [-0.3, -0.25) is 0 Å². The van der Waals surface area contributed by atoms with Crippen molar-refractivity contribution in [2.75, 3.05) is 7.11 Å². The molecule has 3 nitrogen and oxygen atoms in total. The molecule has 3 aromatic carbocycles. The quantitative estimate of drug-likeness (QED) is 0.484. The lowest BCUT2D eigenvalue weighted by Crippen LogP contribution is -2.14. The van der Waals surface area contributed by atoms with Crippen molar-refractivity contribution < 1.29 is 13.9 Å². The molecule has 6 heteroatoms. The second-order valence-electron chi connectivity index (χ2n) is 6.19. The first-order valence-corrected chi connectivity index (χ1v) is 9.50. The molecule has 0 saturated carbocycles. The van der Waals surface area contributed by atoms with Crippen molar-refractivity contribution >= 4 is 23.2 Å². The van der Waals surface area contributed by atoms with Crippen LogP contribution in [0.15, 0.2) is 60.7 Å². The van der Waals surface area contributed by atoms with Gasteiger partial charge in [-0.1, -0.05) is 47.5 Å². The lowest BCUT2D eigenvalue weighted by atomic mass is 10.1. The van der Waals surface area contributed by atoms with E-state index < -0.39 is 0 Å². The number of para-hydroxylation sites is 1. The summed E-state index contributed by atoms with van der Waals surface area (Å²) in [6.07, 6.45) is 0. The fourth-order valence-corrected chi connectivity index (χ4v) is 3.22. The van der Waals surface area contributed by atoms with Crippen LogP contribution >= 0.6 is 23.2 Å². The summed E-state index contributed by atoms with van der Waals surface area (Å²) in [6, 6.07) is 17.6. The molecule has 0 atom stereocenters. The molecule has 0 aliphatic heterocycles. The summed E-state index contributed by atoms with van der Waals surface area (Å²) in [5.41, 5.74) is 2.69. The molecule has 3 aromatic rings. The Kier molecular flexibility index (Phi) is 7.15. The topological polar surface area (TPSA) is 30.5 Å². The van der Waals surface area contributed by atoms with Crippen LogP contribution in [0.1, 0.15) is 16.7 Å². The Hall–Kier alpha value is -2.27. The molecule has 0 unspecified atom stereocenters. The van der Waals surface area contributed by atoms with Gasteiger partial charge in [-0.25, -0.2) is 4.39 Å². The summed E-state index contributed by atoms with van der Waals surface area (Å²) in [4.78, 5) is 0. The summed E-state index contributed by atoms with van der Waals surface area (Å²) < 4.78 is 24.5. The number of ether oxygens (including phenoxy) is 2. The number of hydrogen-bond acceptors (Lipinski definition) is 3. The Morgan fingerprint density at radius 3 is 2.43 bits per heavy atom. The van der Waals surface area contributed by atoms with Gasteiger partial charge < -0.3 is 14.8 Å². The van der Waals surface area contributed by atoms with Gasteiger partial charge in [0.15, 0.2) is 0 Å². The zero-order valence-electron chi connectivity index (χ0n) is 15.3. The molecular formula is C22H20Cl2FNO2. The summed E-state index contributed by atoms with van der Waals surface area (Å²) in [5, 5.41) is 4.35. The van der Waals surface area contributed by atoms with Gasteiger partial charge in [0.05, 0.1) is 12.1 Å². The standard InChI is InChI=1S/C22H20Cl2FNO2/c1-27-21-5-3-2-4-15(21)12-26-13-17-10-18(23)7-9-22(17)28-14-16-6-8-19(25)11-20(16)24/h2-11,26H,12-14H2,1H3. The average molecular weight is 420 g/mol. The van der Waals surface area contributed by atoms with E-state index >= 15 is 0 Å². The molecule has 0 aliphatic carbocycles. The molecule has 0 amide bonds. The molecule has 0 radical (unpaired) electrons. The van der Waals surface area contributed by atoms with E-state index in [1.807, 2.05) is 36.4 Å². The minimum atomic E-state index is -0.374. The van der Waals surface area contributed by atoms with E-state index in [1.54, 1.807) is 19.2 Å². The molecule has 0 aliphatic rings. The first kappa shape index (κ1) is 20.5. The molecule has 0 fully saturated rings.